The molecule has 0 nitrogen and oxygen atoms in total. The summed E-state index contributed by atoms with van der Waals surface area (Å²) in [5.41, 5.74) is 0. The van der Waals surface area contributed by atoms with Gasteiger partial charge in [0.1, 0.15) is 8.07 Å². The quantitative estimate of drug-likeness (QED) is 0.561. The van der Waals surface area contributed by atoms with E-state index in [2.05, 4.69) is 62.5 Å². The zero-order valence-electron chi connectivity index (χ0n) is 11.6. The van der Waals surface area contributed by atoms with Crippen molar-refractivity contribution >= 4 is 25.0 Å². The highest BCUT2D eigenvalue weighted by atomic mass is 32.2. The highest BCUT2D eigenvalue weighted by Gasteiger charge is 2.29. The van der Waals surface area contributed by atoms with E-state index >= 15 is 0 Å². The fraction of sp³-hybridized carbons (Fsp3) is 0.375. The van der Waals surface area contributed by atoms with Crippen molar-refractivity contribution < 1.29 is 0 Å². The van der Waals surface area contributed by atoms with Crippen molar-refractivity contribution in [2.45, 2.75) is 37.8 Å². The minimum atomic E-state index is -1.49. The molecule has 1 aromatic rings. The summed E-state index contributed by atoms with van der Waals surface area (Å²) < 4.78 is 0. The van der Waals surface area contributed by atoms with E-state index in [1.807, 2.05) is 11.8 Å². The lowest BCUT2D eigenvalue weighted by Crippen LogP contribution is -2.44. The van der Waals surface area contributed by atoms with Gasteiger partial charge in [0.2, 0.25) is 0 Å². The topological polar surface area (TPSA) is 0 Å². The Hall–Kier alpha value is -0.733. The van der Waals surface area contributed by atoms with E-state index in [4.69, 9.17) is 0 Å². The first kappa shape index (κ1) is 13.7. The van der Waals surface area contributed by atoms with Crippen molar-refractivity contribution in [3.8, 4) is 0 Å². The van der Waals surface area contributed by atoms with Gasteiger partial charge in [0.25, 0.3) is 0 Å². The van der Waals surface area contributed by atoms with Gasteiger partial charge in [0, 0.05) is 4.90 Å². The predicted octanol–water partition coefficient (Wildman–Crippen LogP) is 4.53. The molecule has 0 atom stereocenters. The van der Waals surface area contributed by atoms with Gasteiger partial charge in [0.05, 0.1) is 0 Å². The van der Waals surface area contributed by atoms with E-state index < -0.39 is 8.07 Å². The first-order valence-electron chi connectivity index (χ1n) is 6.75. The fourth-order valence-corrected chi connectivity index (χ4v) is 6.89. The van der Waals surface area contributed by atoms with Crippen LogP contribution < -0.4 is 5.19 Å². The van der Waals surface area contributed by atoms with Crippen molar-refractivity contribution in [3.05, 3.63) is 47.7 Å². The molecule has 0 spiro atoms. The molecule has 1 aliphatic carbocycles. The largest absolute Gasteiger partial charge is 0.126 e. The van der Waals surface area contributed by atoms with Gasteiger partial charge in [-0.1, -0.05) is 61.6 Å². The lowest BCUT2D eigenvalue weighted by Gasteiger charge is -2.26. The molecule has 0 unspecified atom stereocenters. The second-order valence-electron chi connectivity index (χ2n) is 5.27. The Bertz CT molecular complexity index is 472. The molecule has 0 fully saturated rings. The maximum atomic E-state index is 2.47. The average Bonchev–Trinajstić information content (AvgIpc) is 2.91. The monoisotopic (exact) mass is 274 g/mol. The molecule has 18 heavy (non-hydrogen) atoms. The molecule has 2 rings (SSSR count). The molecular weight excluding hydrogens is 252 g/mol. The number of thioether (sulfide) groups is 1. The van der Waals surface area contributed by atoms with Gasteiger partial charge in [-0.3, -0.25) is 0 Å². The number of hydrogen-bond donors (Lipinski definition) is 0. The highest BCUT2D eigenvalue weighted by Crippen LogP contribution is 2.26. The van der Waals surface area contributed by atoms with Gasteiger partial charge >= 0.3 is 0 Å². The standard InChI is InChI=1S/C16H22SSi/c1-4-13-17-15-11-7-8-12-16(15)18(2,3)14-9-5-6-10-14/h5,7-12H,4,6,13H2,1-3H3. The van der Waals surface area contributed by atoms with Gasteiger partial charge in [-0.15, -0.1) is 11.8 Å². The average molecular weight is 275 g/mol. The van der Waals surface area contributed by atoms with Crippen molar-refractivity contribution in [2.24, 2.45) is 0 Å². The van der Waals surface area contributed by atoms with Crippen LogP contribution in [0, 0.1) is 0 Å². The number of allylic oxidation sites excluding steroid dienone is 4. The SMILES string of the molecule is CCCSc1ccccc1[Si](C)(C)C1=CCC=C1. The Morgan fingerprint density at radius 1 is 1.22 bits per heavy atom. The van der Waals surface area contributed by atoms with E-state index in [1.165, 1.54) is 17.1 Å². The summed E-state index contributed by atoms with van der Waals surface area (Å²) in [4.78, 5) is 1.50. The molecule has 0 N–H and O–H groups in total. The molecule has 0 heterocycles. The van der Waals surface area contributed by atoms with Gasteiger partial charge in [-0.05, 0) is 29.8 Å². The minimum absolute atomic E-state index is 1.12. The Kier molecular flexibility index (Phi) is 4.52. The van der Waals surface area contributed by atoms with Gasteiger partial charge in [0.15, 0.2) is 0 Å². The van der Waals surface area contributed by atoms with Crippen LogP contribution in [0.15, 0.2) is 52.6 Å². The van der Waals surface area contributed by atoms with Gasteiger partial charge in [-0.2, -0.15) is 0 Å². The van der Waals surface area contributed by atoms with E-state index in [0.29, 0.717) is 0 Å². The molecule has 2 heteroatoms. The second-order valence-corrected chi connectivity index (χ2v) is 10.8. The molecule has 1 aromatic carbocycles. The van der Waals surface area contributed by atoms with Crippen LogP contribution in [0.4, 0.5) is 0 Å². The zero-order valence-corrected chi connectivity index (χ0v) is 13.4. The third-order valence-electron chi connectivity index (χ3n) is 3.52. The van der Waals surface area contributed by atoms with Crippen LogP contribution in [0.1, 0.15) is 19.8 Å². The number of hydrogen-bond acceptors (Lipinski definition) is 1. The van der Waals surface area contributed by atoms with E-state index in [1.54, 1.807) is 10.4 Å². The fourth-order valence-electron chi connectivity index (χ4n) is 2.40. The van der Waals surface area contributed by atoms with Crippen LogP contribution in [0.2, 0.25) is 13.1 Å². The molecule has 0 aromatic heterocycles. The third kappa shape index (κ3) is 2.81. The molecule has 0 bridgehead atoms. The Labute approximate surface area is 116 Å². The Morgan fingerprint density at radius 3 is 2.67 bits per heavy atom. The van der Waals surface area contributed by atoms with Crippen LogP contribution in [-0.4, -0.2) is 13.8 Å². The Morgan fingerprint density at radius 2 is 2.00 bits per heavy atom. The molecule has 0 amide bonds. The molecule has 0 radical (unpaired) electrons. The van der Waals surface area contributed by atoms with Crippen LogP contribution in [0.5, 0.6) is 0 Å². The van der Waals surface area contributed by atoms with Gasteiger partial charge in [-0.25, -0.2) is 0 Å². The molecule has 0 saturated carbocycles. The van der Waals surface area contributed by atoms with Crippen molar-refractivity contribution in [2.75, 3.05) is 5.75 Å². The summed E-state index contributed by atoms with van der Waals surface area (Å²) in [5.74, 6) is 1.22. The lowest BCUT2D eigenvalue weighted by atomic mass is 10.4. The first-order chi connectivity index (χ1) is 8.66. The maximum Gasteiger partial charge on any atom is 0.113 e. The van der Waals surface area contributed by atoms with Crippen LogP contribution in [0.25, 0.3) is 0 Å². The molecule has 1 aliphatic rings. The lowest BCUT2D eigenvalue weighted by molar-refractivity contribution is 1.10. The predicted molar refractivity (Wildman–Crippen MR) is 86.4 cm³/mol. The van der Waals surface area contributed by atoms with Crippen LogP contribution in [0.3, 0.4) is 0 Å². The summed E-state index contributed by atoms with van der Waals surface area (Å²) in [6.07, 6.45) is 9.40. The third-order valence-corrected chi connectivity index (χ3v) is 8.57. The number of rotatable bonds is 5. The van der Waals surface area contributed by atoms with E-state index in [-0.39, 0.29) is 0 Å². The highest BCUT2D eigenvalue weighted by molar-refractivity contribution is 7.99. The summed E-state index contributed by atoms with van der Waals surface area (Å²) in [7, 11) is -1.49. The van der Waals surface area contributed by atoms with Crippen molar-refractivity contribution in [1.82, 2.24) is 0 Å². The van der Waals surface area contributed by atoms with Crippen molar-refractivity contribution in [1.29, 1.82) is 0 Å². The molecule has 0 saturated heterocycles. The molecule has 0 aliphatic heterocycles. The summed E-state index contributed by atoms with van der Waals surface area (Å²) in [6, 6.07) is 9.00. The Balaban J connectivity index is 2.34. The minimum Gasteiger partial charge on any atom is -0.126 e. The summed E-state index contributed by atoms with van der Waals surface area (Å²) in [5, 5.41) is 3.19. The summed E-state index contributed by atoms with van der Waals surface area (Å²) in [6.45, 7) is 7.19. The number of benzene rings is 1. The molecular formula is C16H22SSi. The second kappa shape index (κ2) is 5.94. The smallest absolute Gasteiger partial charge is 0.113 e. The van der Waals surface area contributed by atoms with Crippen LogP contribution in [-0.2, 0) is 0 Å². The molecule has 96 valence electrons. The van der Waals surface area contributed by atoms with Crippen molar-refractivity contribution in [3.63, 3.8) is 0 Å². The maximum absolute atomic E-state index is 2.47. The van der Waals surface area contributed by atoms with Gasteiger partial charge < -0.3 is 0 Å². The normalized spacial score (nSPS) is 14.9. The van der Waals surface area contributed by atoms with E-state index in [0.717, 1.165) is 6.42 Å². The summed E-state index contributed by atoms with van der Waals surface area (Å²) >= 11 is 2.02. The van der Waals surface area contributed by atoms with E-state index in [9.17, 15) is 0 Å². The zero-order chi connectivity index (χ0) is 13.0. The first-order valence-corrected chi connectivity index (χ1v) is 10.7. The van der Waals surface area contributed by atoms with Crippen LogP contribution >= 0.6 is 11.8 Å².